The van der Waals surface area contributed by atoms with Crippen molar-refractivity contribution in [1.82, 2.24) is 15.5 Å². The van der Waals surface area contributed by atoms with Gasteiger partial charge in [0.25, 0.3) is 0 Å². The van der Waals surface area contributed by atoms with Crippen molar-refractivity contribution in [2.24, 2.45) is 4.99 Å². The van der Waals surface area contributed by atoms with Gasteiger partial charge in [-0.05, 0) is 30.2 Å². The average Bonchev–Trinajstić information content (AvgIpc) is 3.22. The van der Waals surface area contributed by atoms with Crippen LogP contribution >= 0.6 is 24.0 Å². The van der Waals surface area contributed by atoms with E-state index in [4.69, 9.17) is 14.2 Å². The molecule has 1 aliphatic heterocycles. The van der Waals surface area contributed by atoms with Crippen LogP contribution in [0.5, 0.6) is 17.2 Å². The van der Waals surface area contributed by atoms with Crippen LogP contribution in [-0.4, -0.2) is 58.4 Å². The highest BCUT2D eigenvalue weighted by Gasteiger charge is 2.23. The zero-order chi connectivity index (χ0) is 21.3. The number of ether oxygens (including phenoxy) is 3. The van der Waals surface area contributed by atoms with Crippen LogP contribution in [0, 0.1) is 0 Å². The van der Waals surface area contributed by atoms with Gasteiger partial charge in [0.15, 0.2) is 5.96 Å². The SMILES string of the molecule is CN=C(NCc1ccccc1OC)NC1CCN(Cc2cc(OC)cc(OC)c2)C1.I. The fourth-order valence-corrected chi connectivity index (χ4v) is 3.73. The Morgan fingerprint density at radius 1 is 1.06 bits per heavy atom. The number of benzene rings is 2. The highest BCUT2D eigenvalue weighted by molar-refractivity contribution is 14.0. The van der Waals surface area contributed by atoms with E-state index in [0.29, 0.717) is 12.6 Å². The van der Waals surface area contributed by atoms with Gasteiger partial charge in [-0.2, -0.15) is 0 Å². The van der Waals surface area contributed by atoms with E-state index in [0.717, 1.165) is 54.8 Å². The Morgan fingerprint density at radius 3 is 2.42 bits per heavy atom. The second-order valence-electron chi connectivity index (χ2n) is 7.32. The van der Waals surface area contributed by atoms with Crippen molar-refractivity contribution in [3.8, 4) is 17.2 Å². The molecule has 1 aliphatic rings. The van der Waals surface area contributed by atoms with Gasteiger partial charge in [0.05, 0.1) is 21.3 Å². The summed E-state index contributed by atoms with van der Waals surface area (Å²) in [5.41, 5.74) is 2.29. The Hall–Kier alpha value is -2.20. The number of nitrogens with one attached hydrogen (secondary N) is 2. The first-order valence-corrected chi connectivity index (χ1v) is 10.2. The summed E-state index contributed by atoms with van der Waals surface area (Å²) in [6.07, 6.45) is 1.07. The number of methoxy groups -OCH3 is 3. The Labute approximate surface area is 202 Å². The Bertz CT molecular complexity index is 840. The van der Waals surface area contributed by atoms with Crippen molar-refractivity contribution in [3.05, 3.63) is 53.6 Å². The topological polar surface area (TPSA) is 67.4 Å². The maximum Gasteiger partial charge on any atom is 0.191 e. The molecule has 2 aromatic rings. The first-order valence-electron chi connectivity index (χ1n) is 10.2. The predicted octanol–water partition coefficient (Wildman–Crippen LogP) is 3.27. The smallest absolute Gasteiger partial charge is 0.191 e. The third kappa shape index (κ3) is 7.17. The standard InChI is InChI=1S/C23H32N4O3.HI/c1-24-23(25-14-18-7-5-6-8-22(18)30-4)26-19-9-10-27(16-19)15-17-11-20(28-2)13-21(12-17)29-3;/h5-8,11-13,19H,9-10,14-16H2,1-4H3,(H2,24,25,26);1H. The monoisotopic (exact) mass is 540 g/mol. The molecule has 0 amide bonds. The summed E-state index contributed by atoms with van der Waals surface area (Å²) in [7, 11) is 6.85. The van der Waals surface area contributed by atoms with Crippen LogP contribution in [0.25, 0.3) is 0 Å². The number of likely N-dealkylation sites (tertiary alicyclic amines) is 1. The molecular formula is C23H33IN4O3. The Balaban J connectivity index is 0.00000341. The van der Waals surface area contributed by atoms with Gasteiger partial charge in [-0.3, -0.25) is 9.89 Å². The molecule has 0 bridgehead atoms. The van der Waals surface area contributed by atoms with Crippen molar-refractivity contribution >= 4 is 29.9 Å². The van der Waals surface area contributed by atoms with Crippen LogP contribution in [0.3, 0.4) is 0 Å². The predicted molar refractivity (Wildman–Crippen MR) is 135 cm³/mol. The number of aliphatic imine (C=N–C) groups is 1. The molecule has 0 aliphatic carbocycles. The van der Waals surface area contributed by atoms with Gasteiger partial charge in [-0.25, -0.2) is 0 Å². The van der Waals surface area contributed by atoms with Gasteiger partial charge in [0.1, 0.15) is 17.2 Å². The molecule has 0 saturated carbocycles. The van der Waals surface area contributed by atoms with Crippen LogP contribution in [0.4, 0.5) is 0 Å². The van der Waals surface area contributed by atoms with E-state index >= 15 is 0 Å². The minimum absolute atomic E-state index is 0. The van der Waals surface area contributed by atoms with E-state index < -0.39 is 0 Å². The lowest BCUT2D eigenvalue weighted by Crippen LogP contribution is -2.44. The van der Waals surface area contributed by atoms with Gasteiger partial charge >= 0.3 is 0 Å². The van der Waals surface area contributed by atoms with Gasteiger partial charge in [-0.1, -0.05) is 18.2 Å². The van der Waals surface area contributed by atoms with Gasteiger partial charge < -0.3 is 24.8 Å². The number of nitrogens with zero attached hydrogens (tertiary/aromatic N) is 2. The summed E-state index contributed by atoms with van der Waals surface area (Å²) in [6.45, 7) is 3.50. The van der Waals surface area contributed by atoms with E-state index in [9.17, 15) is 0 Å². The molecule has 2 aromatic carbocycles. The summed E-state index contributed by atoms with van der Waals surface area (Å²) >= 11 is 0. The molecular weight excluding hydrogens is 507 g/mol. The Morgan fingerprint density at radius 2 is 1.77 bits per heavy atom. The van der Waals surface area contributed by atoms with E-state index in [1.165, 1.54) is 5.56 Å². The van der Waals surface area contributed by atoms with Crippen molar-refractivity contribution < 1.29 is 14.2 Å². The largest absolute Gasteiger partial charge is 0.497 e. The summed E-state index contributed by atoms with van der Waals surface area (Å²) in [5, 5.41) is 6.93. The van der Waals surface area contributed by atoms with Crippen molar-refractivity contribution in [1.29, 1.82) is 0 Å². The van der Waals surface area contributed by atoms with E-state index in [1.807, 2.05) is 24.3 Å². The second-order valence-corrected chi connectivity index (χ2v) is 7.32. The quantitative estimate of drug-likeness (QED) is 0.305. The molecule has 2 N–H and O–H groups in total. The van der Waals surface area contributed by atoms with Crippen LogP contribution in [0.15, 0.2) is 47.5 Å². The number of hydrogen-bond donors (Lipinski definition) is 2. The van der Waals surface area contributed by atoms with Crippen LogP contribution in [-0.2, 0) is 13.1 Å². The molecule has 0 aromatic heterocycles. The lowest BCUT2D eigenvalue weighted by Gasteiger charge is -2.20. The number of para-hydroxylation sites is 1. The lowest BCUT2D eigenvalue weighted by molar-refractivity contribution is 0.321. The summed E-state index contributed by atoms with van der Waals surface area (Å²) in [4.78, 5) is 6.81. The normalized spacial score (nSPS) is 16.4. The zero-order valence-corrected chi connectivity index (χ0v) is 21.0. The molecule has 1 fully saturated rings. The molecule has 170 valence electrons. The fourth-order valence-electron chi connectivity index (χ4n) is 3.73. The van der Waals surface area contributed by atoms with E-state index in [-0.39, 0.29) is 24.0 Å². The Kier molecular flexibility index (Phi) is 10.2. The summed E-state index contributed by atoms with van der Waals surface area (Å²) < 4.78 is 16.2. The maximum atomic E-state index is 5.42. The number of halogens is 1. The molecule has 1 unspecified atom stereocenters. The van der Waals surface area contributed by atoms with Gasteiger partial charge in [-0.15, -0.1) is 24.0 Å². The lowest BCUT2D eigenvalue weighted by atomic mass is 10.2. The molecule has 7 nitrogen and oxygen atoms in total. The maximum absolute atomic E-state index is 5.42. The fraction of sp³-hybridized carbons (Fsp3) is 0.435. The second kappa shape index (κ2) is 12.6. The molecule has 3 rings (SSSR count). The minimum Gasteiger partial charge on any atom is -0.497 e. The highest BCUT2D eigenvalue weighted by atomic mass is 127. The first kappa shape index (κ1) is 25.1. The van der Waals surface area contributed by atoms with Gasteiger partial charge in [0, 0.05) is 50.9 Å². The third-order valence-corrected chi connectivity index (χ3v) is 5.29. The average molecular weight is 540 g/mol. The zero-order valence-electron chi connectivity index (χ0n) is 18.7. The summed E-state index contributed by atoms with van der Waals surface area (Å²) in [6, 6.07) is 14.4. The highest BCUT2D eigenvalue weighted by Crippen LogP contribution is 2.24. The van der Waals surface area contributed by atoms with Crippen LogP contribution < -0.4 is 24.8 Å². The van der Waals surface area contributed by atoms with Crippen LogP contribution in [0.2, 0.25) is 0 Å². The summed E-state index contributed by atoms with van der Waals surface area (Å²) in [5.74, 6) is 3.32. The molecule has 1 heterocycles. The van der Waals surface area contributed by atoms with E-state index in [2.05, 4.69) is 38.7 Å². The molecule has 1 saturated heterocycles. The number of guanidine groups is 1. The number of hydrogen-bond acceptors (Lipinski definition) is 5. The van der Waals surface area contributed by atoms with Crippen molar-refractivity contribution in [2.45, 2.75) is 25.6 Å². The van der Waals surface area contributed by atoms with E-state index in [1.54, 1.807) is 28.4 Å². The molecule has 0 radical (unpaired) electrons. The first-order chi connectivity index (χ1) is 14.6. The van der Waals surface area contributed by atoms with Crippen molar-refractivity contribution in [2.75, 3.05) is 41.5 Å². The minimum atomic E-state index is 0. The molecule has 31 heavy (non-hydrogen) atoms. The molecule has 0 spiro atoms. The van der Waals surface area contributed by atoms with Crippen molar-refractivity contribution in [3.63, 3.8) is 0 Å². The van der Waals surface area contributed by atoms with Crippen LogP contribution in [0.1, 0.15) is 17.5 Å². The molecule has 1 atom stereocenters. The molecule has 8 heteroatoms. The number of rotatable bonds is 8. The van der Waals surface area contributed by atoms with Gasteiger partial charge in [0.2, 0.25) is 0 Å². The third-order valence-electron chi connectivity index (χ3n) is 5.29.